The van der Waals surface area contributed by atoms with Gasteiger partial charge in [0.25, 0.3) is 0 Å². The molecule has 0 bridgehead atoms. The summed E-state index contributed by atoms with van der Waals surface area (Å²) < 4.78 is 10.6. The van der Waals surface area contributed by atoms with Gasteiger partial charge in [-0.1, -0.05) is 163 Å². The van der Waals surface area contributed by atoms with E-state index in [1.807, 2.05) is 0 Å². The largest absolute Gasteiger partial charge is 0.462 e. The van der Waals surface area contributed by atoms with Crippen molar-refractivity contribution in [1.29, 1.82) is 0 Å². The summed E-state index contributed by atoms with van der Waals surface area (Å²) in [5.41, 5.74) is 0. The van der Waals surface area contributed by atoms with Gasteiger partial charge in [0.15, 0.2) is 6.10 Å². The zero-order chi connectivity index (χ0) is 37.8. The minimum Gasteiger partial charge on any atom is -0.462 e. The summed E-state index contributed by atoms with van der Waals surface area (Å²) in [5, 5.41) is 9.56. The average Bonchev–Trinajstić information content (AvgIpc) is 3.15. The SMILES string of the molecule is CCCCC/C=C/C/C=C/C/C=C/CCCCCCC(=O)OC[C@H](CO)OC(=O)CCC/C=C/C/C=C/C/C=C/C/C=C/CCCCCCCCC. The van der Waals surface area contributed by atoms with Crippen molar-refractivity contribution in [2.75, 3.05) is 13.2 Å². The number of allylic oxidation sites excluding steroid dienone is 14. The lowest BCUT2D eigenvalue weighted by Crippen LogP contribution is -2.28. The molecule has 0 aromatic carbocycles. The molecule has 296 valence electrons. The molecule has 0 fully saturated rings. The molecule has 5 nitrogen and oxygen atoms in total. The number of rotatable bonds is 37. The van der Waals surface area contributed by atoms with Crippen LogP contribution in [0.4, 0.5) is 0 Å². The van der Waals surface area contributed by atoms with E-state index in [2.05, 4.69) is 98.9 Å². The van der Waals surface area contributed by atoms with Crippen LogP contribution in [0.5, 0.6) is 0 Å². The van der Waals surface area contributed by atoms with Crippen molar-refractivity contribution >= 4 is 11.9 Å². The predicted octanol–water partition coefficient (Wildman–Crippen LogP) is 13.5. The maximum absolute atomic E-state index is 12.2. The maximum atomic E-state index is 12.2. The van der Waals surface area contributed by atoms with Gasteiger partial charge in [-0.05, 0) is 89.9 Å². The van der Waals surface area contributed by atoms with Gasteiger partial charge < -0.3 is 14.6 Å². The van der Waals surface area contributed by atoms with Gasteiger partial charge in [-0.2, -0.15) is 0 Å². The fraction of sp³-hybridized carbons (Fsp3) is 0.660. The van der Waals surface area contributed by atoms with Gasteiger partial charge in [0, 0.05) is 12.8 Å². The molecule has 0 spiro atoms. The molecule has 0 saturated carbocycles. The first kappa shape index (κ1) is 49.1. The van der Waals surface area contributed by atoms with Crippen molar-refractivity contribution in [2.45, 2.75) is 187 Å². The highest BCUT2D eigenvalue weighted by atomic mass is 16.6. The molecule has 1 atom stereocenters. The second-order valence-corrected chi connectivity index (χ2v) is 13.7. The molecule has 5 heteroatoms. The summed E-state index contributed by atoms with van der Waals surface area (Å²) in [6, 6.07) is 0. The van der Waals surface area contributed by atoms with E-state index >= 15 is 0 Å². The first-order valence-electron chi connectivity index (χ1n) is 21.1. The number of carbonyl (C=O) groups excluding carboxylic acids is 2. The van der Waals surface area contributed by atoms with Crippen LogP contribution in [0, 0.1) is 0 Å². The number of aliphatic hydroxyl groups is 1. The average molecular weight is 723 g/mol. The van der Waals surface area contributed by atoms with Crippen LogP contribution < -0.4 is 0 Å². The molecule has 0 aromatic heterocycles. The lowest BCUT2D eigenvalue weighted by Gasteiger charge is -2.15. The fourth-order valence-corrected chi connectivity index (χ4v) is 5.43. The Hall–Kier alpha value is -2.92. The van der Waals surface area contributed by atoms with Gasteiger partial charge >= 0.3 is 11.9 Å². The molecule has 52 heavy (non-hydrogen) atoms. The Morgan fingerprint density at radius 1 is 0.442 bits per heavy atom. The Kier molecular flexibility index (Phi) is 40.1. The first-order valence-corrected chi connectivity index (χ1v) is 21.1. The molecule has 0 heterocycles. The van der Waals surface area contributed by atoms with Crippen LogP contribution in [0.1, 0.15) is 181 Å². The number of ether oxygens (including phenoxy) is 2. The van der Waals surface area contributed by atoms with Crippen molar-refractivity contribution in [2.24, 2.45) is 0 Å². The molecule has 0 saturated heterocycles. The summed E-state index contributed by atoms with van der Waals surface area (Å²) in [5.74, 6) is -0.688. The first-order chi connectivity index (χ1) is 25.6. The molecule has 0 amide bonds. The van der Waals surface area contributed by atoms with E-state index in [0.29, 0.717) is 12.8 Å². The highest BCUT2D eigenvalue weighted by Crippen LogP contribution is 2.10. The highest BCUT2D eigenvalue weighted by molar-refractivity contribution is 5.70. The Morgan fingerprint density at radius 3 is 1.25 bits per heavy atom. The van der Waals surface area contributed by atoms with Crippen molar-refractivity contribution in [3.05, 3.63) is 85.1 Å². The number of aliphatic hydroxyl groups excluding tert-OH is 1. The summed E-state index contributed by atoms with van der Waals surface area (Å²) in [4.78, 5) is 24.3. The maximum Gasteiger partial charge on any atom is 0.306 e. The predicted molar refractivity (Wildman–Crippen MR) is 223 cm³/mol. The van der Waals surface area contributed by atoms with Crippen LogP contribution in [0.2, 0.25) is 0 Å². The van der Waals surface area contributed by atoms with Gasteiger partial charge in [0.05, 0.1) is 6.61 Å². The minimum absolute atomic E-state index is 0.104. The number of hydrogen-bond donors (Lipinski definition) is 1. The van der Waals surface area contributed by atoms with E-state index in [0.717, 1.165) is 70.6 Å². The number of unbranched alkanes of at least 4 members (excludes halogenated alkanes) is 15. The second-order valence-electron chi connectivity index (χ2n) is 13.7. The summed E-state index contributed by atoms with van der Waals surface area (Å²) in [6.07, 6.45) is 57.9. The normalized spacial score (nSPS) is 13.1. The van der Waals surface area contributed by atoms with Gasteiger partial charge in [-0.3, -0.25) is 9.59 Å². The zero-order valence-electron chi connectivity index (χ0n) is 33.5. The van der Waals surface area contributed by atoms with Crippen LogP contribution >= 0.6 is 0 Å². The Labute approximate surface area is 320 Å². The van der Waals surface area contributed by atoms with E-state index in [9.17, 15) is 14.7 Å². The van der Waals surface area contributed by atoms with E-state index in [1.54, 1.807) is 0 Å². The summed E-state index contributed by atoms with van der Waals surface area (Å²) in [7, 11) is 0. The van der Waals surface area contributed by atoms with Gasteiger partial charge in [0.1, 0.15) is 6.61 Å². The molecule has 0 rings (SSSR count). The smallest absolute Gasteiger partial charge is 0.306 e. The van der Waals surface area contributed by atoms with E-state index in [4.69, 9.17) is 9.47 Å². The Morgan fingerprint density at radius 2 is 0.788 bits per heavy atom. The quantitative estimate of drug-likeness (QED) is 0.0393. The van der Waals surface area contributed by atoms with Crippen LogP contribution in [0.3, 0.4) is 0 Å². The molecular weight excluding hydrogens is 645 g/mol. The minimum atomic E-state index is -0.814. The van der Waals surface area contributed by atoms with Gasteiger partial charge in [0.2, 0.25) is 0 Å². The standard InChI is InChI=1S/C47H78O5/c1-3-5-7-9-11-13-15-17-19-21-22-23-24-26-28-30-32-34-36-38-40-42-47(50)52-45(43-48)44-51-46(49)41-39-37-35-33-31-29-27-25-20-18-16-14-12-10-8-6-4-2/h12,14,18-21,23-24,27-30,34,36,45,48H,3-11,13,15-17,22,25-26,31-33,35,37-44H2,1-2H3/b14-12+,20-18+,21-19+,24-23+,29-27+,30-28+,36-34+/t45-/m0/s1. The second kappa shape index (κ2) is 42.5. The lowest BCUT2D eigenvalue weighted by atomic mass is 10.1. The monoisotopic (exact) mass is 723 g/mol. The number of carbonyl (C=O) groups is 2. The summed E-state index contributed by atoms with van der Waals surface area (Å²) >= 11 is 0. The van der Waals surface area contributed by atoms with Gasteiger partial charge in [-0.15, -0.1) is 0 Å². The fourth-order valence-electron chi connectivity index (χ4n) is 5.43. The number of hydrogen-bond acceptors (Lipinski definition) is 5. The molecular formula is C47H78O5. The van der Waals surface area contributed by atoms with E-state index in [1.165, 1.54) is 77.0 Å². The number of esters is 2. The molecule has 0 unspecified atom stereocenters. The Balaban J connectivity index is 3.72. The van der Waals surface area contributed by atoms with Crippen molar-refractivity contribution in [3.8, 4) is 0 Å². The third-order valence-corrected chi connectivity index (χ3v) is 8.66. The molecule has 0 aromatic rings. The molecule has 0 aliphatic rings. The van der Waals surface area contributed by atoms with Crippen LogP contribution in [0.25, 0.3) is 0 Å². The molecule has 0 aliphatic heterocycles. The van der Waals surface area contributed by atoms with E-state index in [-0.39, 0.29) is 31.6 Å². The van der Waals surface area contributed by atoms with Crippen molar-refractivity contribution in [3.63, 3.8) is 0 Å². The molecule has 0 aliphatic carbocycles. The topological polar surface area (TPSA) is 72.8 Å². The highest BCUT2D eigenvalue weighted by Gasteiger charge is 2.15. The van der Waals surface area contributed by atoms with Crippen LogP contribution in [-0.2, 0) is 19.1 Å². The molecule has 0 radical (unpaired) electrons. The van der Waals surface area contributed by atoms with E-state index < -0.39 is 6.10 Å². The third-order valence-electron chi connectivity index (χ3n) is 8.66. The van der Waals surface area contributed by atoms with Crippen molar-refractivity contribution in [1.82, 2.24) is 0 Å². The van der Waals surface area contributed by atoms with Crippen molar-refractivity contribution < 1.29 is 24.2 Å². The Bertz CT molecular complexity index is 999. The van der Waals surface area contributed by atoms with Gasteiger partial charge in [-0.25, -0.2) is 0 Å². The van der Waals surface area contributed by atoms with Crippen LogP contribution in [-0.4, -0.2) is 36.4 Å². The van der Waals surface area contributed by atoms with Crippen LogP contribution in [0.15, 0.2) is 85.1 Å². The third kappa shape index (κ3) is 39.9. The summed E-state index contributed by atoms with van der Waals surface area (Å²) in [6.45, 7) is 4.03. The zero-order valence-corrected chi connectivity index (χ0v) is 33.5. The molecule has 1 N–H and O–H groups in total. The lowest BCUT2D eigenvalue weighted by molar-refractivity contribution is -0.161.